The number of methoxy groups -OCH3 is 1. The summed E-state index contributed by atoms with van der Waals surface area (Å²) in [7, 11) is 1.57. The Morgan fingerprint density at radius 2 is 1.92 bits per heavy atom. The third-order valence-corrected chi connectivity index (χ3v) is 4.40. The van der Waals surface area contributed by atoms with Crippen molar-refractivity contribution in [3.05, 3.63) is 63.2 Å². The maximum atomic E-state index is 11.9. The molecule has 2 heterocycles. The molecule has 0 saturated carbocycles. The Hall–Kier alpha value is -2.51. The van der Waals surface area contributed by atoms with Crippen molar-refractivity contribution >= 4 is 11.6 Å². The predicted octanol–water partition coefficient (Wildman–Crippen LogP) is 2.92. The molecule has 0 spiro atoms. The van der Waals surface area contributed by atoms with Crippen LogP contribution in [0.4, 0.5) is 0 Å². The molecule has 1 aromatic carbocycles. The molecule has 0 atom stereocenters. The fraction of sp³-hybridized carbons (Fsp3) is 0.333. The van der Waals surface area contributed by atoms with Crippen molar-refractivity contribution in [1.29, 1.82) is 0 Å². The number of rotatable bonds is 6. The SMILES string of the molecule is COCCn1nc(-c2nc(C(C)(C)c3ccc(Cl)cc3)no2)ccc1=O. The molecule has 0 bridgehead atoms. The zero-order valence-electron chi connectivity index (χ0n) is 14.8. The van der Waals surface area contributed by atoms with E-state index in [1.807, 2.05) is 38.1 Å². The second kappa shape index (κ2) is 7.39. The summed E-state index contributed by atoms with van der Waals surface area (Å²) in [6, 6.07) is 10.5. The molecule has 3 rings (SSSR count). The highest BCUT2D eigenvalue weighted by Crippen LogP contribution is 2.31. The van der Waals surface area contributed by atoms with Gasteiger partial charge in [0.2, 0.25) is 0 Å². The number of halogens is 1. The van der Waals surface area contributed by atoms with Crippen LogP contribution < -0.4 is 5.56 Å². The van der Waals surface area contributed by atoms with Crippen LogP contribution in [0.1, 0.15) is 25.2 Å². The van der Waals surface area contributed by atoms with Gasteiger partial charge in [-0.15, -0.1) is 0 Å². The standard InChI is InChI=1S/C18H19ClN4O3/c1-18(2,12-4-6-13(19)7-5-12)17-20-16(26-22-17)14-8-9-15(24)23(21-14)10-11-25-3/h4-9H,10-11H2,1-3H3. The average molecular weight is 375 g/mol. The molecular formula is C18H19ClN4O3. The van der Waals surface area contributed by atoms with Crippen molar-refractivity contribution in [3.8, 4) is 11.6 Å². The number of aromatic nitrogens is 4. The van der Waals surface area contributed by atoms with E-state index in [1.165, 1.54) is 10.7 Å². The first-order chi connectivity index (χ1) is 12.4. The minimum atomic E-state index is -0.475. The van der Waals surface area contributed by atoms with Crippen LogP contribution in [-0.4, -0.2) is 33.6 Å². The molecule has 0 radical (unpaired) electrons. The van der Waals surface area contributed by atoms with Crippen LogP contribution >= 0.6 is 11.6 Å². The molecule has 0 aliphatic carbocycles. The number of ether oxygens (including phenoxy) is 1. The molecule has 3 aromatic rings. The molecule has 0 N–H and O–H groups in total. The van der Waals surface area contributed by atoms with Gasteiger partial charge in [-0.05, 0) is 37.6 Å². The van der Waals surface area contributed by atoms with E-state index in [0.717, 1.165) is 5.56 Å². The summed E-state index contributed by atoms with van der Waals surface area (Å²) in [6.45, 7) is 4.73. The van der Waals surface area contributed by atoms with E-state index >= 15 is 0 Å². The van der Waals surface area contributed by atoms with E-state index in [9.17, 15) is 4.79 Å². The van der Waals surface area contributed by atoms with Crippen molar-refractivity contribution in [1.82, 2.24) is 19.9 Å². The minimum absolute atomic E-state index is 0.216. The zero-order chi connectivity index (χ0) is 18.7. The summed E-state index contributed by atoms with van der Waals surface area (Å²) < 4.78 is 11.7. The highest BCUT2D eigenvalue weighted by atomic mass is 35.5. The molecule has 0 amide bonds. The first-order valence-electron chi connectivity index (χ1n) is 8.09. The Balaban J connectivity index is 1.92. The van der Waals surface area contributed by atoms with Crippen LogP contribution in [0.2, 0.25) is 5.02 Å². The van der Waals surface area contributed by atoms with E-state index in [1.54, 1.807) is 13.2 Å². The van der Waals surface area contributed by atoms with Gasteiger partial charge in [0.1, 0.15) is 5.69 Å². The van der Waals surface area contributed by atoms with Crippen LogP contribution in [0.15, 0.2) is 45.7 Å². The van der Waals surface area contributed by atoms with Gasteiger partial charge in [-0.2, -0.15) is 10.1 Å². The second-order valence-electron chi connectivity index (χ2n) is 6.33. The van der Waals surface area contributed by atoms with Crippen molar-refractivity contribution in [3.63, 3.8) is 0 Å². The number of hydrogen-bond acceptors (Lipinski definition) is 6. The third kappa shape index (κ3) is 3.68. The molecule has 26 heavy (non-hydrogen) atoms. The molecule has 2 aromatic heterocycles. The Morgan fingerprint density at radius 1 is 1.19 bits per heavy atom. The third-order valence-electron chi connectivity index (χ3n) is 4.14. The van der Waals surface area contributed by atoms with E-state index in [4.69, 9.17) is 20.9 Å². The van der Waals surface area contributed by atoms with Crippen LogP contribution in [-0.2, 0) is 16.7 Å². The minimum Gasteiger partial charge on any atom is -0.383 e. The molecule has 0 unspecified atom stereocenters. The summed E-state index contributed by atoms with van der Waals surface area (Å²) in [5, 5.41) is 9.04. The summed E-state index contributed by atoms with van der Waals surface area (Å²) in [5.74, 6) is 0.777. The number of nitrogens with zero attached hydrogens (tertiary/aromatic N) is 4. The van der Waals surface area contributed by atoms with Gasteiger partial charge in [0.05, 0.1) is 18.6 Å². The van der Waals surface area contributed by atoms with Gasteiger partial charge in [0, 0.05) is 18.2 Å². The summed E-state index contributed by atoms with van der Waals surface area (Å²) in [5.41, 5.74) is 0.752. The van der Waals surface area contributed by atoms with Gasteiger partial charge in [0.25, 0.3) is 11.4 Å². The van der Waals surface area contributed by atoms with Crippen LogP contribution in [0.3, 0.4) is 0 Å². The van der Waals surface area contributed by atoms with E-state index < -0.39 is 5.41 Å². The first-order valence-corrected chi connectivity index (χ1v) is 8.47. The quantitative estimate of drug-likeness (QED) is 0.659. The monoisotopic (exact) mass is 374 g/mol. The summed E-state index contributed by atoms with van der Waals surface area (Å²) in [4.78, 5) is 16.3. The van der Waals surface area contributed by atoms with Gasteiger partial charge in [-0.3, -0.25) is 4.79 Å². The van der Waals surface area contributed by atoms with Crippen molar-refractivity contribution in [2.24, 2.45) is 0 Å². The molecule has 0 fully saturated rings. The van der Waals surface area contributed by atoms with Crippen LogP contribution in [0, 0.1) is 0 Å². The molecule has 0 saturated heterocycles. The normalized spacial score (nSPS) is 11.7. The Kier molecular flexibility index (Phi) is 5.20. The molecule has 0 aliphatic rings. The number of hydrogen-bond donors (Lipinski definition) is 0. The van der Waals surface area contributed by atoms with Gasteiger partial charge in [-0.1, -0.05) is 28.9 Å². The van der Waals surface area contributed by atoms with Gasteiger partial charge in [0.15, 0.2) is 5.82 Å². The Bertz CT molecular complexity index is 948. The summed E-state index contributed by atoms with van der Waals surface area (Å²) in [6.07, 6.45) is 0. The molecule has 0 aliphatic heterocycles. The van der Waals surface area contributed by atoms with Crippen molar-refractivity contribution in [2.45, 2.75) is 25.8 Å². The Morgan fingerprint density at radius 3 is 2.62 bits per heavy atom. The lowest BCUT2D eigenvalue weighted by Gasteiger charge is -2.20. The predicted molar refractivity (Wildman–Crippen MR) is 97.2 cm³/mol. The van der Waals surface area contributed by atoms with Crippen molar-refractivity contribution in [2.75, 3.05) is 13.7 Å². The van der Waals surface area contributed by atoms with E-state index in [-0.39, 0.29) is 11.4 Å². The zero-order valence-corrected chi connectivity index (χ0v) is 15.5. The number of benzene rings is 1. The van der Waals surface area contributed by atoms with Crippen molar-refractivity contribution < 1.29 is 9.26 Å². The molecule has 8 heteroatoms. The average Bonchev–Trinajstić information content (AvgIpc) is 3.12. The van der Waals surface area contributed by atoms with E-state index in [2.05, 4.69) is 15.2 Å². The van der Waals surface area contributed by atoms with Crippen LogP contribution in [0.25, 0.3) is 11.6 Å². The van der Waals surface area contributed by atoms with Gasteiger partial charge >= 0.3 is 0 Å². The Labute approximate surface area is 155 Å². The maximum absolute atomic E-state index is 11.9. The fourth-order valence-electron chi connectivity index (χ4n) is 2.48. The molecule has 136 valence electrons. The van der Waals surface area contributed by atoms with Crippen LogP contribution in [0.5, 0.6) is 0 Å². The lowest BCUT2D eigenvalue weighted by atomic mass is 9.84. The van der Waals surface area contributed by atoms with Gasteiger partial charge in [-0.25, -0.2) is 4.68 Å². The van der Waals surface area contributed by atoms with Gasteiger partial charge < -0.3 is 9.26 Å². The summed E-state index contributed by atoms with van der Waals surface area (Å²) >= 11 is 5.96. The topological polar surface area (TPSA) is 83.0 Å². The maximum Gasteiger partial charge on any atom is 0.278 e. The molecule has 7 nitrogen and oxygen atoms in total. The second-order valence-corrected chi connectivity index (χ2v) is 6.76. The first kappa shape index (κ1) is 18.3. The smallest absolute Gasteiger partial charge is 0.278 e. The lowest BCUT2D eigenvalue weighted by molar-refractivity contribution is 0.182. The molecular weight excluding hydrogens is 356 g/mol. The highest BCUT2D eigenvalue weighted by molar-refractivity contribution is 6.30. The fourth-order valence-corrected chi connectivity index (χ4v) is 2.60. The largest absolute Gasteiger partial charge is 0.383 e. The van der Waals surface area contributed by atoms with E-state index in [0.29, 0.717) is 29.7 Å². The lowest BCUT2D eigenvalue weighted by Crippen LogP contribution is -2.24. The highest BCUT2D eigenvalue weighted by Gasteiger charge is 2.29.